The lowest BCUT2D eigenvalue weighted by atomic mass is 10.2. The molecule has 0 N–H and O–H groups in total. The van der Waals surface area contributed by atoms with Crippen molar-refractivity contribution in [2.24, 2.45) is 4.99 Å². The second kappa shape index (κ2) is 4.71. The Kier molecular flexibility index (Phi) is 3.96. The standard InChI is InChI=1S/C9H5BrClF4N/c1-4-2-6(12)7(3-5(4)10)16-8(11)9(13,14)15/h2-3H,1H3. The van der Waals surface area contributed by atoms with Crippen LogP contribution < -0.4 is 0 Å². The molecule has 1 nitrogen and oxygen atoms in total. The number of hydrogen-bond donors (Lipinski definition) is 0. The number of alkyl halides is 3. The van der Waals surface area contributed by atoms with Crippen molar-refractivity contribution in [2.45, 2.75) is 13.1 Å². The van der Waals surface area contributed by atoms with Gasteiger partial charge in [-0.1, -0.05) is 27.5 Å². The van der Waals surface area contributed by atoms with Gasteiger partial charge in [0.1, 0.15) is 11.5 Å². The van der Waals surface area contributed by atoms with Crippen LogP contribution in [-0.2, 0) is 0 Å². The molecule has 0 spiro atoms. The van der Waals surface area contributed by atoms with E-state index in [0.29, 0.717) is 10.0 Å². The molecule has 7 heteroatoms. The minimum absolute atomic E-state index is 0.458. The highest BCUT2D eigenvalue weighted by Gasteiger charge is 2.34. The van der Waals surface area contributed by atoms with Crippen molar-refractivity contribution in [1.29, 1.82) is 0 Å². The number of halogens is 6. The topological polar surface area (TPSA) is 12.4 Å². The minimum Gasteiger partial charge on any atom is -0.229 e. The SMILES string of the molecule is Cc1cc(F)c(N=C(Cl)C(F)(F)F)cc1Br. The number of aryl methyl sites for hydroxylation is 1. The molecule has 0 heterocycles. The van der Waals surface area contributed by atoms with Crippen LogP contribution in [-0.4, -0.2) is 11.3 Å². The molecule has 0 aliphatic heterocycles. The lowest BCUT2D eigenvalue weighted by Gasteiger charge is -2.05. The highest BCUT2D eigenvalue weighted by Crippen LogP contribution is 2.29. The molecule has 0 radical (unpaired) electrons. The zero-order valence-electron chi connectivity index (χ0n) is 7.87. The van der Waals surface area contributed by atoms with Gasteiger partial charge in [0, 0.05) is 4.47 Å². The predicted molar refractivity (Wildman–Crippen MR) is 57.8 cm³/mol. The Morgan fingerprint density at radius 3 is 2.44 bits per heavy atom. The quantitative estimate of drug-likeness (QED) is 0.524. The van der Waals surface area contributed by atoms with Gasteiger partial charge < -0.3 is 0 Å². The van der Waals surface area contributed by atoms with E-state index < -0.39 is 22.9 Å². The smallest absolute Gasteiger partial charge is 0.229 e. The first-order chi connectivity index (χ1) is 7.21. The molecule has 0 fully saturated rings. The van der Waals surface area contributed by atoms with E-state index in [0.717, 1.165) is 12.1 Å². The van der Waals surface area contributed by atoms with Gasteiger partial charge >= 0.3 is 6.18 Å². The summed E-state index contributed by atoms with van der Waals surface area (Å²) in [5.74, 6) is -0.858. The third kappa shape index (κ3) is 3.18. The molecule has 0 unspecified atom stereocenters. The molecular weight excluding hydrogens is 313 g/mol. The normalized spacial score (nSPS) is 13.1. The summed E-state index contributed by atoms with van der Waals surface area (Å²) >= 11 is 7.96. The van der Waals surface area contributed by atoms with E-state index in [1.165, 1.54) is 0 Å². The van der Waals surface area contributed by atoms with E-state index in [9.17, 15) is 17.6 Å². The van der Waals surface area contributed by atoms with Gasteiger partial charge in [-0.05, 0) is 24.6 Å². The van der Waals surface area contributed by atoms with Crippen LogP contribution in [0.3, 0.4) is 0 Å². The Morgan fingerprint density at radius 1 is 1.38 bits per heavy atom. The van der Waals surface area contributed by atoms with Crippen LogP contribution in [0.5, 0.6) is 0 Å². The van der Waals surface area contributed by atoms with Gasteiger partial charge in [0.2, 0.25) is 5.17 Å². The van der Waals surface area contributed by atoms with Crippen LogP contribution in [0, 0.1) is 12.7 Å². The first-order valence-electron chi connectivity index (χ1n) is 3.99. The summed E-state index contributed by atoms with van der Waals surface area (Å²) in [4.78, 5) is 2.98. The lowest BCUT2D eigenvalue weighted by molar-refractivity contribution is -0.0558. The highest BCUT2D eigenvalue weighted by atomic mass is 79.9. The molecule has 1 aromatic rings. The molecule has 0 aromatic heterocycles. The van der Waals surface area contributed by atoms with Crippen LogP contribution >= 0.6 is 27.5 Å². The van der Waals surface area contributed by atoms with Crippen molar-refractivity contribution in [3.8, 4) is 0 Å². The van der Waals surface area contributed by atoms with E-state index in [1.807, 2.05) is 0 Å². The predicted octanol–water partition coefficient (Wildman–Crippen LogP) is 4.73. The van der Waals surface area contributed by atoms with Crippen molar-refractivity contribution in [3.05, 3.63) is 28.0 Å². The van der Waals surface area contributed by atoms with Crippen LogP contribution in [0.4, 0.5) is 23.2 Å². The fourth-order valence-electron chi connectivity index (χ4n) is 0.891. The zero-order chi connectivity index (χ0) is 12.5. The Bertz CT molecular complexity index is 442. The largest absolute Gasteiger partial charge is 0.444 e. The Morgan fingerprint density at radius 2 is 1.94 bits per heavy atom. The van der Waals surface area contributed by atoms with Gasteiger partial charge in [0.05, 0.1) is 0 Å². The average Bonchev–Trinajstić information content (AvgIpc) is 2.12. The summed E-state index contributed by atoms with van der Waals surface area (Å²) in [5.41, 5.74) is 0.0966. The van der Waals surface area contributed by atoms with Crippen molar-refractivity contribution in [1.82, 2.24) is 0 Å². The monoisotopic (exact) mass is 317 g/mol. The van der Waals surface area contributed by atoms with E-state index in [4.69, 9.17) is 11.6 Å². The number of rotatable bonds is 1. The molecule has 0 bridgehead atoms. The molecule has 0 saturated heterocycles. The van der Waals surface area contributed by atoms with E-state index in [-0.39, 0.29) is 0 Å². The van der Waals surface area contributed by atoms with Crippen molar-refractivity contribution in [3.63, 3.8) is 0 Å². The van der Waals surface area contributed by atoms with Crippen molar-refractivity contribution in [2.75, 3.05) is 0 Å². The van der Waals surface area contributed by atoms with Crippen LogP contribution in [0.15, 0.2) is 21.6 Å². The lowest BCUT2D eigenvalue weighted by Crippen LogP contribution is -2.16. The maximum atomic E-state index is 13.2. The minimum atomic E-state index is -4.77. The summed E-state index contributed by atoms with van der Waals surface area (Å²) in [6, 6.07) is 2.21. The highest BCUT2D eigenvalue weighted by molar-refractivity contribution is 9.10. The fraction of sp³-hybridized carbons (Fsp3) is 0.222. The average molecular weight is 318 g/mol. The van der Waals surface area contributed by atoms with Gasteiger partial charge in [0.15, 0.2) is 0 Å². The van der Waals surface area contributed by atoms with Crippen LogP contribution in [0.1, 0.15) is 5.56 Å². The number of benzene rings is 1. The van der Waals surface area contributed by atoms with E-state index in [2.05, 4.69) is 20.9 Å². The maximum Gasteiger partial charge on any atom is 0.444 e. The van der Waals surface area contributed by atoms with Gasteiger partial charge in [-0.25, -0.2) is 9.38 Å². The molecule has 16 heavy (non-hydrogen) atoms. The molecule has 0 atom stereocenters. The molecule has 0 aliphatic carbocycles. The zero-order valence-corrected chi connectivity index (χ0v) is 10.2. The molecule has 1 rings (SSSR count). The summed E-state index contributed by atoms with van der Waals surface area (Å²) in [6.45, 7) is 1.60. The van der Waals surface area contributed by atoms with Gasteiger partial charge in [-0.2, -0.15) is 13.2 Å². The summed E-state index contributed by atoms with van der Waals surface area (Å²) in [5, 5.41) is -1.61. The number of aliphatic imine (C=N–C) groups is 1. The summed E-state index contributed by atoms with van der Waals surface area (Å²) in [6.07, 6.45) is -4.77. The molecule has 0 aliphatic rings. The van der Waals surface area contributed by atoms with Crippen molar-refractivity contribution < 1.29 is 17.6 Å². The first-order valence-corrected chi connectivity index (χ1v) is 5.16. The van der Waals surface area contributed by atoms with Gasteiger partial charge in [0.25, 0.3) is 0 Å². The molecule has 1 aromatic carbocycles. The first kappa shape index (κ1) is 13.4. The molecule has 88 valence electrons. The summed E-state index contributed by atoms with van der Waals surface area (Å²) < 4.78 is 49.8. The van der Waals surface area contributed by atoms with Crippen LogP contribution in [0.25, 0.3) is 0 Å². The third-order valence-corrected chi connectivity index (χ3v) is 2.83. The maximum absolute atomic E-state index is 13.2. The van der Waals surface area contributed by atoms with Gasteiger partial charge in [-0.15, -0.1) is 0 Å². The van der Waals surface area contributed by atoms with Crippen molar-refractivity contribution >= 4 is 38.4 Å². The van der Waals surface area contributed by atoms with E-state index in [1.54, 1.807) is 6.92 Å². The van der Waals surface area contributed by atoms with Crippen LogP contribution in [0.2, 0.25) is 0 Å². The Balaban J connectivity index is 3.21. The molecular formula is C9H5BrClF4N. The fourth-order valence-corrected chi connectivity index (χ4v) is 1.31. The molecule has 0 amide bonds. The second-order valence-corrected chi connectivity index (χ2v) is 4.17. The second-order valence-electron chi connectivity index (χ2n) is 2.95. The summed E-state index contributed by atoms with van der Waals surface area (Å²) in [7, 11) is 0. The Hall–Kier alpha value is -0.620. The van der Waals surface area contributed by atoms with E-state index >= 15 is 0 Å². The Labute approximate surface area is 102 Å². The van der Waals surface area contributed by atoms with Gasteiger partial charge in [-0.3, -0.25) is 0 Å². The number of hydrogen-bond acceptors (Lipinski definition) is 1. The molecule has 0 saturated carbocycles. The third-order valence-electron chi connectivity index (χ3n) is 1.68. The number of nitrogens with zero attached hydrogens (tertiary/aromatic N) is 1.